The maximum absolute atomic E-state index is 13.3. The zero-order chi connectivity index (χ0) is 24.5. The van der Waals surface area contributed by atoms with E-state index in [9.17, 15) is 14.7 Å². The Morgan fingerprint density at radius 3 is 2.57 bits per heavy atom. The highest BCUT2D eigenvalue weighted by Gasteiger charge is 2.46. The summed E-state index contributed by atoms with van der Waals surface area (Å²) < 4.78 is 3.68. The number of aliphatic hydroxyl groups excluding tert-OH is 1. The maximum atomic E-state index is 13.3. The van der Waals surface area contributed by atoms with Gasteiger partial charge >= 0.3 is 0 Å². The van der Waals surface area contributed by atoms with E-state index in [4.69, 9.17) is 0 Å². The van der Waals surface area contributed by atoms with Crippen molar-refractivity contribution in [2.75, 3.05) is 6.54 Å². The minimum Gasteiger partial charge on any atom is -0.505 e. The monoisotopic (exact) mass is 469 g/mol. The molecule has 1 saturated heterocycles. The molecule has 35 heavy (non-hydrogen) atoms. The molecule has 0 saturated carbocycles. The number of aliphatic hydroxyl groups is 1. The van der Waals surface area contributed by atoms with E-state index in [0.29, 0.717) is 36.5 Å². The fourth-order valence-corrected chi connectivity index (χ4v) is 4.76. The van der Waals surface area contributed by atoms with Crippen molar-refractivity contribution < 1.29 is 14.7 Å². The third-order valence-corrected chi connectivity index (χ3v) is 6.55. The molecule has 5 rings (SSSR count). The average Bonchev–Trinajstić information content (AvgIpc) is 3.56. The molecule has 1 N–H and O–H groups in total. The van der Waals surface area contributed by atoms with E-state index >= 15 is 0 Å². The van der Waals surface area contributed by atoms with Gasteiger partial charge in [-0.15, -0.1) is 0 Å². The van der Waals surface area contributed by atoms with Crippen molar-refractivity contribution in [1.29, 1.82) is 0 Å². The molecule has 1 amide bonds. The second-order valence-electron chi connectivity index (χ2n) is 8.72. The second kappa shape index (κ2) is 9.21. The first-order valence-corrected chi connectivity index (χ1v) is 11.8. The van der Waals surface area contributed by atoms with Crippen molar-refractivity contribution in [3.05, 3.63) is 95.5 Å². The lowest BCUT2D eigenvalue weighted by Crippen LogP contribution is -2.31. The van der Waals surface area contributed by atoms with Gasteiger partial charge in [-0.25, -0.2) is 9.97 Å². The summed E-state index contributed by atoms with van der Waals surface area (Å²) in [5.74, 6) is -1.49. The molecule has 0 spiro atoms. The minimum absolute atomic E-state index is 0.0932. The summed E-state index contributed by atoms with van der Waals surface area (Å²) >= 11 is 0. The number of fused-ring (bicyclic) bond motifs is 1. The number of aromatic nitrogens is 4. The number of ketones is 1. The molecule has 0 radical (unpaired) electrons. The van der Waals surface area contributed by atoms with Crippen LogP contribution in [-0.4, -0.2) is 47.2 Å². The van der Waals surface area contributed by atoms with Crippen LogP contribution in [0.1, 0.15) is 41.9 Å². The number of pyridine rings is 1. The van der Waals surface area contributed by atoms with Crippen LogP contribution in [0.25, 0.3) is 11.4 Å². The van der Waals surface area contributed by atoms with Crippen LogP contribution in [0.3, 0.4) is 0 Å². The van der Waals surface area contributed by atoms with Crippen LogP contribution in [0.5, 0.6) is 0 Å². The van der Waals surface area contributed by atoms with Gasteiger partial charge in [0.15, 0.2) is 5.76 Å². The first kappa shape index (κ1) is 22.6. The molecule has 0 bridgehead atoms. The number of carbonyl (C=O) groups is 2. The number of rotatable bonds is 7. The van der Waals surface area contributed by atoms with Crippen molar-refractivity contribution in [3.63, 3.8) is 0 Å². The van der Waals surface area contributed by atoms with E-state index in [1.807, 2.05) is 53.2 Å². The van der Waals surface area contributed by atoms with Gasteiger partial charge in [-0.05, 0) is 43.0 Å². The number of likely N-dealkylation sites (tertiary alicyclic amines) is 1. The number of nitrogens with zero attached hydrogens (tertiary/aromatic N) is 5. The molecule has 1 aliphatic rings. The van der Waals surface area contributed by atoms with Crippen molar-refractivity contribution in [2.24, 2.45) is 0 Å². The Hall–Kier alpha value is -4.20. The van der Waals surface area contributed by atoms with Gasteiger partial charge in [0.05, 0.1) is 23.6 Å². The minimum atomic E-state index is -0.683. The van der Waals surface area contributed by atoms with E-state index in [1.165, 1.54) is 0 Å². The Bertz CT molecular complexity index is 1420. The van der Waals surface area contributed by atoms with Gasteiger partial charge in [0.2, 0.25) is 0 Å². The fraction of sp³-hybridized carbons (Fsp3) is 0.259. The van der Waals surface area contributed by atoms with E-state index in [2.05, 4.69) is 16.9 Å². The van der Waals surface area contributed by atoms with Gasteiger partial charge in [0.1, 0.15) is 11.3 Å². The Balaban J connectivity index is 1.60. The lowest BCUT2D eigenvalue weighted by molar-refractivity contribution is -0.139. The van der Waals surface area contributed by atoms with Crippen LogP contribution >= 0.6 is 0 Å². The molecule has 1 aliphatic heterocycles. The zero-order valence-corrected chi connectivity index (χ0v) is 19.8. The number of imidazole rings is 2. The van der Waals surface area contributed by atoms with Crippen LogP contribution in [0, 0.1) is 6.92 Å². The lowest BCUT2D eigenvalue weighted by atomic mass is 9.95. The molecular formula is C27H27N5O3. The summed E-state index contributed by atoms with van der Waals surface area (Å²) in [5, 5.41) is 11.5. The first-order valence-electron chi connectivity index (χ1n) is 11.8. The molecule has 3 aromatic heterocycles. The molecule has 1 aromatic carbocycles. The van der Waals surface area contributed by atoms with Gasteiger partial charge in [-0.3, -0.25) is 14.0 Å². The van der Waals surface area contributed by atoms with Crippen LogP contribution < -0.4 is 0 Å². The zero-order valence-electron chi connectivity index (χ0n) is 19.8. The van der Waals surface area contributed by atoms with Crippen LogP contribution in [-0.2, 0) is 22.6 Å². The van der Waals surface area contributed by atoms with E-state index < -0.39 is 17.7 Å². The average molecular weight is 470 g/mol. The third-order valence-electron chi connectivity index (χ3n) is 6.55. The largest absolute Gasteiger partial charge is 0.505 e. The Labute approximate surface area is 203 Å². The van der Waals surface area contributed by atoms with Gasteiger partial charge in [0.25, 0.3) is 11.7 Å². The number of Topliss-reactive ketones (excluding diaryl/α,β-unsaturated/α-hetero) is 1. The highest BCUT2D eigenvalue weighted by Crippen LogP contribution is 2.40. The Kier molecular flexibility index (Phi) is 5.94. The lowest BCUT2D eigenvalue weighted by Gasteiger charge is -2.25. The molecule has 1 fully saturated rings. The summed E-state index contributed by atoms with van der Waals surface area (Å²) in [4.78, 5) is 36.7. The second-order valence-corrected chi connectivity index (χ2v) is 8.72. The van der Waals surface area contributed by atoms with E-state index in [1.54, 1.807) is 34.9 Å². The number of hydrogen-bond donors (Lipinski definition) is 1. The molecule has 1 unspecified atom stereocenters. The molecule has 178 valence electrons. The summed E-state index contributed by atoms with van der Waals surface area (Å²) in [7, 11) is 0. The summed E-state index contributed by atoms with van der Waals surface area (Å²) in [6.45, 7) is 4.89. The molecule has 8 nitrogen and oxygen atoms in total. The van der Waals surface area contributed by atoms with Crippen molar-refractivity contribution in [3.8, 4) is 0 Å². The summed E-state index contributed by atoms with van der Waals surface area (Å²) in [6, 6.07) is 12.7. The summed E-state index contributed by atoms with van der Waals surface area (Å²) in [6.07, 6.45) is 8.61. The van der Waals surface area contributed by atoms with E-state index in [-0.39, 0.29) is 11.3 Å². The number of amides is 1. The van der Waals surface area contributed by atoms with Crippen LogP contribution in [0.4, 0.5) is 0 Å². The van der Waals surface area contributed by atoms with Crippen molar-refractivity contribution in [1.82, 2.24) is 23.8 Å². The molecule has 8 heteroatoms. The van der Waals surface area contributed by atoms with Crippen LogP contribution in [0.2, 0.25) is 0 Å². The van der Waals surface area contributed by atoms with Crippen molar-refractivity contribution >= 4 is 23.1 Å². The molecule has 1 atom stereocenters. The van der Waals surface area contributed by atoms with Gasteiger partial charge in [-0.1, -0.05) is 37.3 Å². The predicted molar refractivity (Wildman–Crippen MR) is 132 cm³/mol. The number of benzene rings is 1. The topological polar surface area (TPSA) is 92.7 Å². The Morgan fingerprint density at radius 1 is 1.06 bits per heavy atom. The molecule has 4 heterocycles. The normalized spacial score (nSPS) is 17.5. The van der Waals surface area contributed by atoms with Crippen molar-refractivity contribution in [2.45, 2.75) is 39.3 Å². The maximum Gasteiger partial charge on any atom is 0.295 e. The smallest absolute Gasteiger partial charge is 0.295 e. The third kappa shape index (κ3) is 4.01. The highest BCUT2D eigenvalue weighted by molar-refractivity contribution is 6.46. The van der Waals surface area contributed by atoms with Crippen LogP contribution in [0.15, 0.2) is 73.0 Å². The van der Waals surface area contributed by atoms with E-state index in [0.717, 1.165) is 17.5 Å². The SMILES string of the molecule is CCc1ccc(C2C(=C(O)c3c(C)nc4ccccn34)C(=O)C(=O)N2CCCn2ccnc2)cc1. The fourth-order valence-electron chi connectivity index (χ4n) is 4.76. The van der Waals surface area contributed by atoms with Gasteiger partial charge in [-0.2, -0.15) is 0 Å². The molecular weight excluding hydrogens is 442 g/mol. The molecule has 0 aliphatic carbocycles. The number of carbonyl (C=O) groups excluding carboxylic acids is 2. The summed E-state index contributed by atoms with van der Waals surface area (Å²) in [5.41, 5.74) is 3.70. The van der Waals surface area contributed by atoms with Gasteiger partial charge < -0.3 is 14.6 Å². The number of aryl methyl sites for hydroxylation is 3. The molecule has 4 aromatic rings. The number of hydrogen-bond acceptors (Lipinski definition) is 5. The standard InChI is InChI=1S/C27H27N5O3/c1-3-19-8-10-20(11-9-19)24-22(25(33)23-18(2)29-21-7-4-5-14-31(21)23)26(34)27(35)32(24)15-6-13-30-16-12-28-17-30/h4-5,7-12,14,16-17,24,33H,3,6,13,15H2,1-2H3. The predicted octanol–water partition coefficient (Wildman–Crippen LogP) is 3.91. The first-order chi connectivity index (χ1) is 17.0. The quantitative estimate of drug-likeness (QED) is 0.252. The Morgan fingerprint density at radius 2 is 1.86 bits per heavy atom. The highest BCUT2D eigenvalue weighted by atomic mass is 16.3. The van der Waals surface area contributed by atoms with Gasteiger partial charge in [0, 0.05) is 31.7 Å².